The maximum absolute atomic E-state index is 12.4. The van der Waals surface area contributed by atoms with Gasteiger partial charge in [-0.25, -0.2) is 0 Å². The summed E-state index contributed by atoms with van der Waals surface area (Å²) >= 11 is 0. The molecule has 2 fully saturated rings. The van der Waals surface area contributed by atoms with Crippen LogP contribution >= 0.6 is 0 Å². The van der Waals surface area contributed by atoms with Crippen molar-refractivity contribution < 1.29 is 14.3 Å². The molecule has 1 heterocycles. The van der Waals surface area contributed by atoms with Crippen molar-refractivity contribution in [1.29, 1.82) is 0 Å². The minimum atomic E-state index is -0.294. The zero-order chi connectivity index (χ0) is 19.2. The third-order valence-electron chi connectivity index (χ3n) is 6.01. The number of ether oxygens (including phenoxy) is 1. The first-order chi connectivity index (χ1) is 13.1. The van der Waals surface area contributed by atoms with Gasteiger partial charge in [0.25, 0.3) is 0 Å². The first-order valence-corrected chi connectivity index (χ1v) is 10.3. The van der Waals surface area contributed by atoms with Crippen molar-refractivity contribution in [2.75, 3.05) is 13.7 Å². The Balaban J connectivity index is 1.59. The summed E-state index contributed by atoms with van der Waals surface area (Å²) in [6, 6.07) is 8.24. The van der Waals surface area contributed by atoms with E-state index in [-0.39, 0.29) is 24.0 Å². The lowest BCUT2D eigenvalue weighted by molar-refractivity contribution is -0.146. The van der Waals surface area contributed by atoms with Crippen LogP contribution in [0.1, 0.15) is 56.6 Å². The molecule has 1 saturated carbocycles. The fourth-order valence-corrected chi connectivity index (χ4v) is 4.44. The lowest BCUT2D eigenvalue weighted by atomic mass is 10.0. The molecular weight excluding hydrogens is 340 g/mol. The Labute approximate surface area is 162 Å². The average molecular weight is 373 g/mol. The second kappa shape index (κ2) is 9.36. The molecule has 1 N–H and O–H groups in total. The number of benzene rings is 1. The van der Waals surface area contributed by atoms with Gasteiger partial charge in [-0.2, -0.15) is 0 Å². The van der Waals surface area contributed by atoms with Gasteiger partial charge < -0.3 is 10.1 Å². The van der Waals surface area contributed by atoms with Gasteiger partial charge in [-0.1, -0.05) is 44.0 Å². The molecule has 1 saturated heterocycles. The largest absolute Gasteiger partial charge is 0.468 e. The molecule has 0 aromatic heterocycles. The summed E-state index contributed by atoms with van der Waals surface area (Å²) in [7, 11) is 1.43. The number of aryl methyl sites for hydroxylation is 1. The molecule has 0 unspecified atom stereocenters. The van der Waals surface area contributed by atoms with E-state index in [2.05, 4.69) is 41.4 Å². The molecule has 0 spiro atoms. The Morgan fingerprint density at radius 1 is 1.15 bits per heavy atom. The summed E-state index contributed by atoms with van der Waals surface area (Å²) in [6.07, 6.45) is 7.09. The predicted molar refractivity (Wildman–Crippen MR) is 105 cm³/mol. The zero-order valence-corrected chi connectivity index (χ0v) is 16.6. The van der Waals surface area contributed by atoms with Crippen molar-refractivity contribution in [2.45, 2.75) is 70.5 Å². The van der Waals surface area contributed by atoms with E-state index < -0.39 is 0 Å². The third-order valence-corrected chi connectivity index (χ3v) is 6.01. The Hall–Kier alpha value is -1.88. The van der Waals surface area contributed by atoms with E-state index in [1.807, 2.05) is 0 Å². The molecule has 2 aliphatic rings. The molecule has 3 rings (SSSR count). The van der Waals surface area contributed by atoms with Gasteiger partial charge in [0, 0.05) is 25.6 Å². The number of esters is 1. The summed E-state index contributed by atoms with van der Waals surface area (Å²) in [5, 5.41) is 3.16. The second-order valence-corrected chi connectivity index (χ2v) is 7.99. The van der Waals surface area contributed by atoms with Crippen LogP contribution in [-0.2, 0) is 27.3 Å². The van der Waals surface area contributed by atoms with Crippen molar-refractivity contribution >= 4 is 11.9 Å². The SMILES string of the molecule is CCc1ccc(CN2C[C@H](NC(=O)CC3CCCC3)C[C@H]2C(=O)OC)cc1. The van der Waals surface area contributed by atoms with Crippen LogP contribution < -0.4 is 5.32 Å². The fraction of sp³-hybridized carbons (Fsp3) is 0.636. The maximum Gasteiger partial charge on any atom is 0.323 e. The van der Waals surface area contributed by atoms with Crippen molar-refractivity contribution in [3.8, 4) is 0 Å². The molecule has 0 bridgehead atoms. The van der Waals surface area contributed by atoms with Crippen LogP contribution in [0.15, 0.2) is 24.3 Å². The molecule has 5 heteroatoms. The quantitative estimate of drug-likeness (QED) is 0.748. The third kappa shape index (κ3) is 5.32. The van der Waals surface area contributed by atoms with E-state index in [4.69, 9.17) is 4.74 Å². The number of carbonyl (C=O) groups is 2. The second-order valence-electron chi connectivity index (χ2n) is 7.99. The van der Waals surface area contributed by atoms with Gasteiger partial charge in [0.1, 0.15) is 6.04 Å². The summed E-state index contributed by atoms with van der Waals surface area (Å²) in [6.45, 7) is 3.52. The van der Waals surface area contributed by atoms with Crippen LogP contribution in [0.5, 0.6) is 0 Å². The highest BCUT2D eigenvalue weighted by Crippen LogP contribution is 2.28. The zero-order valence-electron chi connectivity index (χ0n) is 16.6. The van der Waals surface area contributed by atoms with E-state index in [1.165, 1.54) is 43.9 Å². The van der Waals surface area contributed by atoms with Crippen molar-refractivity contribution in [1.82, 2.24) is 10.2 Å². The molecule has 1 aliphatic heterocycles. The molecule has 2 atom stereocenters. The van der Waals surface area contributed by atoms with Crippen LogP contribution in [0.4, 0.5) is 0 Å². The van der Waals surface area contributed by atoms with Gasteiger partial charge >= 0.3 is 5.97 Å². The fourth-order valence-electron chi connectivity index (χ4n) is 4.44. The Morgan fingerprint density at radius 2 is 1.81 bits per heavy atom. The van der Waals surface area contributed by atoms with Crippen LogP contribution in [0.25, 0.3) is 0 Å². The smallest absolute Gasteiger partial charge is 0.323 e. The van der Waals surface area contributed by atoms with Crippen LogP contribution in [-0.4, -0.2) is 42.5 Å². The van der Waals surface area contributed by atoms with E-state index in [9.17, 15) is 9.59 Å². The highest BCUT2D eigenvalue weighted by molar-refractivity contribution is 5.78. The summed E-state index contributed by atoms with van der Waals surface area (Å²) in [4.78, 5) is 26.8. The van der Waals surface area contributed by atoms with E-state index in [1.54, 1.807) is 0 Å². The van der Waals surface area contributed by atoms with E-state index >= 15 is 0 Å². The van der Waals surface area contributed by atoms with Crippen molar-refractivity contribution in [3.05, 3.63) is 35.4 Å². The van der Waals surface area contributed by atoms with Gasteiger partial charge in [-0.3, -0.25) is 14.5 Å². The van der Waals surface area contributed by atoms with Gasteiger partial charge in [0.15, 0.2) is 0 Å². The number of methoxy groups -OCH3 is 1. The van der Waals surface area contributed by atoms with Gasteiger partial charge in [-0.15, -0.1) is 0 Å². The lowest BCUT2D eigenvalue weighted by Gasteiger charge is -2.22. The Morgan fingerprint density at radius 3 is 2.44 bits per heavy atom. The summed E-state index contributed by atoms with van der Waals surface area (Å²) < 4.78 is 5.01. The summed E-state index contributed by atoms with van der Waals surface area (Å²) in [5.74, 6) is 0.452. The molecule has 1 aromatic carbocycles. The summed E-state index contributed by atoms with van der Waals surface area (Å²) in [5.41, 5.74) is 2.49. The molecule has 1 aliphatic carbocycles. The highest BCUT2D eigenvalue weighted by Gasteiger charge is 2.38. The molecular formula is C22H32N2O3. The molecule has 0 radical (unpaired) electrons. The van der Waals surface area contributed by atoms with Crippen LogP contribution in [0.2, 0.25) is 0 Å². The first-order valence-electron chi connectivity index (χ1n) is 10.3. The number of nitrogens with zero attached hydrogens (tertiary/aromatic N) is 1. The highest BCUT2D eigenvalue weighted by atomic mass is 16.5. The molecule has 148 valence electrons. The van der Waals surface area contributed by atoms with Gasteiger partial charge in [0.2, 0.25) is 5.91 Å². The number of likely N-dealkylation sites (tertiary alicyclic amines) is 1. The number of rotatable bonds is 7. The lowest BCUT2D eigenvalue weighted by Crippen LogP contribution is -2.38. The molecule has 27 heavy (non-hydrogen) atoms. The van der Waals surface area contributed by atoms with Crippen LogP contribution in [0, 0.1) is 5.92 Å². The Bertz CT molecular complexity index is 637. The van der Waals surface area contributed by atoms with E-state index in [0.717, 1.165) is 6.42 Å². The number of amides is 1. The number of nitrogens with one attached hydrogen (secondary N) is 1. The minimum Gasteiger partial charge on any atom is -0.468 e. The van der Waals surface area contributed by atoms with Crippen molar-refractivity contribution in [2.24, 2.45) is 5.92 Å². The normalized spacial score (nSPS) is 23.5. The number of carbonyl (C=O) groups excluding carboxylic acids is 2. The topological polar surface area (TPSA) is 58.6 Å². The van der Waals surface area contributed by atoms with Gasteiger partial charge in [0.05, 0.1) is 7.11 Å². The predicted octanol–water partition coefficient (Wildman–Crippen LogP) is 3.06. The Kier molecular flexibility index (Phi) is 6.89. The number of hydrogen-bond acceptors (Lipinski definition) is 4. The van der Waals surface area contributed by atoms with Crippen molar-refractivity contribution in [3.63, 3.8) is 0 Å². The average Bonchev–Trinajstić information content (AvgIpc) is 3.31. The minimum absolute atomic E-state index is 0.0120. The molecule has 1 amide bonds. The van der Waals surface area contributed by atoms with Gasteiger partial charge in [-0.05, 0) is 42.7 Å². The molecule has 5 nitrogen and oxygen atoms in total. The van der Waals surface area contributed by atoms with Crippen LogP contribution in [0.3, 0.4) is 0 Å². The molecule has 1 aromatic rings. The maximum atomic E-state index is 12.4. The van der Waals surface area contributed by atoms with E-state index in [0.29, 0.717) is 31.8 Å². The monoisotopic (exact) mass is 372 g/mol. The standard InChI is InChI=1S/C22H32N2O3/c1-3-16-8-10-18(11-9-16)14-24-15-19(13-20(24)22(26)27-2)23-21(25)12-17-6-4-5-7-17/h8-11,17,19-20H,3-7,12-15H2,1-2H3,(H,23,25)/t19-,20+/m1/s1. The first kappa shape index (κ1) is 19.9. The number of hydrogen-bond donors (Lipinski definition) is 1.